The van der Waals surface area contributed by atoms with Crippen molar-refractivity contribution in [2.45, 2.75) is 39.3 Å². The van der Waals surface area contributed by atoms with Crippen molar-refractivity contribution in [3.05, 3.63) is 29.3 Å². The molecule has 0 heterocycles. The summed E-state index contributed by atoms with van der Waals surface area (Å²) in [6.07, 6.45) is 0.154. The number of rotatable bonds is 6. The van der Waals surface area contributed by atoms with Crippen LogP contribution in [0.25, 0.3) is 0 Å². The molecule has 0 aliphatic rings. The molecule has 0 bridgehead atoms. The lowest BCUT2D eigenvalue weighted by molar-refractivity contribution is 0.162. The zero-order valence-corrected chi connectivity index (χ0v) is 13.5. The van der Waals surface area contributed by atoms with Gasteiger partial charge in [0.05, 0.1) is 19.3 Å². The maximum absolute atomic E-state index is 12.1. The number of aryl methyl sites for hydroxylation is 1. The van der Waals surface area contributed by atoms with E-state index in [1.165, 1.54) is 0 Å². The molecular formula is C16H26N2O3. The van der Waals surface area contributed by atoms with Crippen LogP contribution in [0.15, 0.2) is 18.2 Å². The highest BCUT2D eigenvalue weighted by Gasteiger charge is 2.16. The predicted molar refractivity (Wildman–Crippen MR) is 83.6 cm³/mol. The number of benzene rings is 1. The summed E-state index contributed by atoms with van der Waals surface area (Å²) < 4.78 is 5.34. The van der Waals surface area contributed by atoms with Crippen LogP contribution in [-0.2, 0) is 0 Å². The number of aliphatic hydroxyl groups is 1. The summed E-state index contributed by atoms with van der Waals surface area (Å²) >= 11 is 0. The summed E-state index contributed by atoms with van der Waals surface area (Å²) in [5.41, 5.74) is 2.07. The van der Waals surface area contributed by atoms with Gasteiger partial charge in [0.2, 0.25) is 0 Å². The van der Waals surface area contributed by atoms with Crippen molar-refractivity contribution < 1.29 is 14.6 Å². The first kappa shape index (κ1) is 17.3. The number of ether oxygens (including phenoxy) is 1. The lowest BCUT2D eigenvalue weighted by Crippen LogP contribution is -2.39. The minimum absolute atomic E-state index is 0.152. The van der Waals surface area contributed by atoms with Crippen LogP contribution in [-0.4, -0.2) is 42.8 Å². The van der Waals surface area contributed by atoms with E-state index in [4.69, 9.17) is 4.74 Å². The molecule has 1 aromatic rings. The van der Waals surface area contributed by atoms with Crippen LogP contribution in [0.3, 0.4) is 0 Å². The molecule has 5 heteroatoms. The summed E-state index contributed by atoms with van der Waals surface area (Å²) in [5.74, 6) is 0.764. The first-order chi connectivity index (χ1) is 9.85. The number of urea groups is 1. The SMILES string of the molecule is COc1ccc(C)cc1C(C)NC(=O)N(C)CCC(C)O. The van der Waals surface area contributed by atoms with Crippen molar-refractivity contribution >= 4 is 6.03 Å². The Bertz CT molecular complexity index is 475. The van der Waals surface area contributed by atoms with Crippen LogP contribution in [0.2, 0.25) is 0 Å². The summed E-state index contributed by atoms with van der Waals surface area (Å²) in [6, 6.07) is 5.59. The first-order valence-corrected chi connectivity index (χ1v) is 7.19. The van der Waals surface area contributed by atoms with Gasteiger partial charge >= 0.3 is 6.03 Å². The van der Waals surface area contributed by atoms with Gasteiger partial charge < -0.3 is 20.1 Å². The third-order valence-corrected chi connectivity index (χ3v) is 3.42. The fourth-order valence-corrected chi connectivity index (χ4v) is 2.05. The average Bonchev–Trinajstić information content (AvgIpc) is 2.44. The topological polar surface area (TPSA) is 61.8 Å². The molecule has 0 saturated carbocycles. The van der Waals surface area contributed by atoms with Crippen molar-refractivity contribution in [3.8, 4) is 5.75 Å². The summed E-state index contributed by atoms with van der Waals surface area (Å²) in [7, 11) is 3.34. The molecule has 0 aliphatic heterocycles. The van der Waals surface area contributed by atoms with Gasteiger partial charge in [-0.1, -0.05) is 17.7 Å². The minimum Gasteiger partial charge on any atom is -0.496 e. The summed E-state index contributed by atoms with van der Waals surface area (Å²) in [5, 5.41) is 12.2. The van der Waals surface area contributed by atoms with E-state index in [0.717, 1.165) is 16.9 Å². The van der Waals surface area contributed by atoms with Crippen molar-refractivity contribution in [1.82, 2.24) is 10.2 Å². The second kappa shape index (κ2) is 7.88. The molecule has 0 aromatic heterocycles. The number of nitrogens with one attached hydrogen (secondary N) is 1. The Morgan fingerprint density at radius 2 is 2.10 bits per heavy atom. The highest BCUT2D eigenvalue weighted by atomic mass is 16.5. The van der Waals surface area contributed by atoms with Crippen molar-refractivity contribution in [2.24, 2.45) is 0 Å². The maximum Gasteiger partial charge on any atom is 0.317 e. The van der Waals surface area contributed by atoms with E-state index in [1.807, 2.05) is 32.0 Å². The summed E-state index contributed by atoms with van der Waals surface area (Å²) in [6.45, 7) is 6.16. The Labute approximate surface area is 126 Å². The Kier molecular flexibility index (Phi) is 6.49. The first-order valence-electron chi connectivity index (χ1n) is 7.19. The van der Waals surface area contributed by atoms with Gasteiger partial charge in [0.25, 0.3) is 0 Å². The number of methoxy groups -OCH3 is 1. The largest absolute Gasteiger partial charge is 0.496 e. The minimum atomic E-state index is -0.408. The monoisotopic (exact) mass is 294 g/mol. The lowest BCUT2D eigenvalue weighted by atomic mass is 10.0. The van der Waals surface area contributed by atoms with E-state index in [1.54, 1.807) is 26.0 Å². The highest BCUT2D eigenvalue weighted by Crippen LogP contribution is 2.26. The third kappa shape index (κ3) is 5.27. The molecule has 21 heavy (non-hydrogen) atoms. The Balaban J connectivity index is 2.70. The molecule has 0 spiro atoms. The number of aliphatic hydroxyl groups excluding tert-OH is 1. The quantitative estimate of drug-likeness (QED) is 0.847. The van der Waals surface area contributed by atoms with Gasteiger partial charge in [-0.05, 0) is 33.3 Å². The van der Waals surface area contributed by atoms with Crippen LogP contribution in [0.4, 0.5) is 4.79 Å². The molecule has 1 rings (SSSR count). The zero-order chi connectivity index (χ0) is 16.0. The molecule has 0 fully saturated rings. The van der Waals surface area contributed by atoms with E-state index in [-0.39, 0.29) is 12.1 Å². The van der Waals surface area contributed by atoms with Gasteiger partial charge in [0, 0.05) is 19.2 Å². The van der Waals surface area contributed by atoms with E-state index in [0.29, 0.717) is 13.0 Å². The molecule has 1 aromatic carbocycles. The number of nitrogens with zero attached hydrogens (tertiary/aromatic N) is 1. The van der Waals surface area contributed by atoms with Gasteiger partial charge in [0.15, 0.2) is 0 Å². The van der Waals surface area contributed by atoms with Gasteiger partial charge in [-0.2, -0.15) is 0 Å². The van der Waals surface area contributed by atoms with Crippen molar-refractivity contribution in [1.29, 1.82) is 0 Å². The van der Waals surface area contributed by atoms with E-state index < -0.39 is 6.10 Å². The van der Waals surface area contributed by atoms with Gasteiger partial charge in [-0.15, -0.1) is 0 Å². The van der Waals surface area contributed by atoms with Crippen LogP contribution in [0.5, 0.6) is 5.75 Å². The molecular weight excluding hydrogens is 268 g/mol. The average molecular weight is 294 g/mol. The maximum atomic E-state index is 12.1. The molecule has 2 atom stereocenters. The van der Waals surface area contributed by atoms with E-state index in [2.05, 4.69) is 5.32 Å². The van der Waals surface area contributed by atoms with Gasteiger partial charge in [-0.25, -0.2) is 4.79 Å². The van der Waals surface area contributed by atoms with Crippen LogP contribution in [0.1, 0.15) is 37.4 Å². The molecule has 118 valence electrons. The fourth-order valence-electron chi connectivity index (χ4n) is 2.05. The molecule has 0 radical (unpaired) electrons. The van der Waals surface area contributed by atoms with E-state index in [9.17, 15) is 9.90 Å². The zero-order valence-electron chi connectivity index (χ0n) is 13.5. The standard InChI is InChI=1S/C16H26N2O3/c1-11-6-7-15(21-5)14(10-11)13(3)17-16(20)18(4)9-8-12(2)19/h6-7,10,12-13,19H,8-9H2,1-5H3,(H,17,20). The molecule has 5 nitrogen and oxygen atoms in total. The number of amides is 2. The van der Waals surface area contributed by atoms with Crippen molar-refractivity contribution in [2.75, 3.05) is 20.7 Å². The molecule has 0 saturated heterocycles. The van der Waals surface area contributed by atoms with Gasteiger partial charge in [-0.3, -0.25) is 0 Å². The third-order valence-electron chi connectivity index (χ3n) is 3.42. The second-order valence-electron chi connectivity index (χ2n) is 5.48. The van der Waals surface area contributed by atoms with Crippen LogP contribution >= 0.6 is 0 Å². The molecule has 2 N–H and O–H groups in total. The number of hydrogen-bond donors (Lipinski definition) is 2. The lowest BCUT2D eigenvalue weighted by Gasteiger charge is -2.23. The predicted octanol–water partition coefficient (Wildman–Crippen LogP) is 2.48. The fraction of sp³-hybridized carbons (Fsp3) is 0.562. The Hall–Kier alpha value is -1.75. The number of hydrogen-bond acceptors (Lipinski definition) is 3. The van der Waals surface area contributed by atoms with Gasteiger partial charge in [0.1, 0.15) is 5.75 Å². The molecule has 2 amide bonds. The van der Waals surface area contributed by atoms with Crippen LogP contribution < -0.4 is 10.1 Å². The van der Waals surface area contributed by atoms with Crippen molar-refractivity contribution in [3.63, 3.8) is 0 Å². The highest BCUT2D eigenvalue weighted by molar-refractivity contribution is 5.74. The summed E-state index contributed by atoms with van der Waals surface area (Å²) in [4.78, 5) is 13.7. The second-order valence-corrected chi connectivity index (χ2v) is 5.48. The Morgan fingerprint density at radius 3 is 2.67 bits per heavy atom. The van der Waals surface area contributed by atoms with Crippen LogP contribution in [0, 0.1) is 6.92 Å². The Morgan fingerprint density at radius 1 is 1.43 bits per heavy atom. The molecule has 2 unspecified atom stereocenters. The molecule has 0 aliphatic carbocycles. The smallest absolute Gasteiger partial charge is 0.317 e. The number of carbonyl (C=O) groups excluding carboxylic acids is 1. The normalized spacial score (nSPS) is 13.4. The van der Waals surface area contributed by atoms with E-state index >= 15 is 0 Å². The number of carbonyl (C=O) groups is 1.